The number of nitrogens with zero attached hydrogens (tertiary/aromatic N) is 4. The molecule has 0 fully saturated rings. The van der Waals surface area contributed by atoms with E-state index in [0.717, 1.165) is 11.1 Å². The van der Waals surface area contributed by atoms with E-state index in [1.54, 1.807) is 23.3 Å². The van der Waals surface area contributed by atoms with Gasteiger partial charge in [-0.1, -0.05) is 41.6 Å². The molecule has 0 aliphatic heterocycles. The Morgan fingerprint density at radius 3 is 2.70 bits per heavy atom. The first-order valence-electron chi connectivity index (χ1n) is 7.31. The Balaban J connectivity index is 1.52. The second kappa shape index (κ2) is 7.31. The lowest BCUT2D eigenvalue weighted by Gasteiger charge is -2.02. The monoisotopic (exact) mass is 308 g/mol. The van der Waals surface area contributed by atoms with Crippen molar-refractivity contribution in [2.24, 2.45) is 0 Å². The van der Waals surface area contributed by atoms with E-state index in [9.17, 15) is 4.79 Å². The highest BCUT2D eigenvalue weighted by molar-refractivity contribution is 5.86. The van der Waals surface area contributed by atoms with E-state index in [4.69, 9.17) is 4.74 Å². The molecule has 0 aliphatic rings. The van der Waals surface area contributed by atoms with Crippen LogP contribution in [0.2, 0.25) is 0 Å². The van der Waals surface area contributed by atoms with Gasteiger partial charge in [-0.15, -0.1) is 5.10 Å². The molecule has 0 saturated heterocycles. The average Bonchev–Trinajstić information content (AvgIpc) is 3.05. The van der Waals surface area contributed by atoms with Gasteiger partial charge >= 0.3 is 5.97 Å². The molecular weight excluding hydrogens is 292 g/mol. The third-order valence-corrected chi connectivity index (χ3v) is 3.28. The van der Waals surface area contributed by atoms with Gasteiger partial charge in [-0.2, -0.15) is 0 Å². The summed E-state index contributed by atoms with van der Waals surface area (Å²) in [7, 11) is 0. The van der Waals surface area contributed by atoms with E-state index < -0.39 is 5.97 Å². The van der Waals surface area contributed by atoms with Gasteiger partial charge in [0.1, 0.15) is 0 Å². The van der Waals surface area contributed by atoms with E-state index in [1.165, 1.54) is 0 Å². The molecule has 0 amide bonds. The predicted molar refractivity (Wildman–Crippen MR) is 83.8 cm³/mol. The largest absolute Gasteiger partial charge is 0.461 e. The van der Waals surface area contributed by atoms with E-state index in [2.05, 4.69) is 15.3 Å². The molecule has 2 aromatic heterocycles. The summed E-state index contributed by atoms with van der Waals surface area (Å²) >= 11 is 0. The van der Waals surface area contributed by atoms with Gasteiger partial charge < -0.3 is 4.74 Å². The molecular formula is C17H16N4O2. The molecule has 3 aromatic rings. The number of rotatable bonds is 6. The number of esters is 1. The fourth-order valence-electron chi connectivity index (χ4n) is 2.13. The maximum Gasteiger partial charge on any atom is 0.360 e. The number of carbonyl (C=O) groups is 1. The zero-order chi connectivity index (χ0) is 15.9. The predicted octanol–water partition coefficient (Wildman–Crippen LogP) is 2.12. The van der Waals surface area contributed by atoms with Crippen molar-refractivity contribution in [3.05, 3.63) is 77.9 Å². The summed E-state index contributed by atoms with van der Waals surface area (Å²) in [5, 5.41) is 7.79. The third-order valence-electron chi connectivity index (χ3n) is 3.28. The molecule has 0 radical (unpaired) electrons. The average molecular weight is 308 g/mol. The summed E-state index contributed by atoms with van der Waals surface area (Å²) < 4.78 is 6.82. The first kappa shape index (κ1) is 14.9. The second-order valence-corrected chi connectivity index (χ2v) is 5.03. The van der Waals surface area contributed by atoms with Crippen molar-refractivity contribution < 1.29 is 9.53 Å². The molecule has 0 N–H and O–H groups in total. The van der Waals surface area contributed by atoms with Crippen molar-refractivity contribution in [1.29, 1.82) is 0 Å². The van der Waals surface area contributed by atoms with Gasteiger partial charge in [0, 0.05) is 18.8 Å². The van der Waals surface area contributed by atoms with Gasteiger partial charge in [-0.3, -0.25) is 4.98 Å². The zero-order valence-corrected chi connectivity index (χ0v) is 12.5. The molecule has 116 valence electrons. The van der Waals surface area contributed by atoms with Gasteiger partial charge in [0.2, 0.25) is 0 Å². The van der Waals surface area contributed by atoms with Gasteiger partial charge in [0.25, 0.3) is 0 Å². The number of hydrogen-bond acceptors (Lipinski definition) is 5. The standard InChI is InChI=1S/C17H16N4O2/c22-17(23-10-8-14-5-2-1-3-6-14)16-13-21(20-19-16)12-15-7-4-9-18-11-15/h1-7,9,11,13H,8,10,12H2. The van der Waals surface area contributed by atoms with Crippen LogP contribution < -0.4 is 0 Å². The van der Waals surface area contributed by atoms with Crippen LogP contribution in [0.15, 0.2) is 61.1 Å². The maximum atomic E-state index is 12.0. The number of ether oxygens (including phenoxy) is 1. The molecule has 0 bridgehead atoms. The minimum Gasteiger partial charge on any atom is -0.461 e. The van der Waals surface area contributed by atoms with Crippen LogP contribution in [0.3, 0.4) is 0 Å². The summed E-state index contributed by atoms with van der Waals surface area (Å²) in [5.74, 6) is -0.460. The van der Waals surface area contributed by atoms with E-state index >= 15 is 0 Å². The lowest BCUT2D eigenvalue weighted by molar-refractivity contribution is 0.0502. The van der Waals surface area contributed by atoms with Crippen LogP contribution in [0.5, 0.6) is 0 Å². The number of pyridine rings is 1. The maximum absolute atomic E-state index is 12.0. The molecule has 3 rings (SSSR count). The molecule has 1 aromatic carbocycles. The summed E-state index contributed by atoms with van der Waals surface area (Å²) in [5.41, 5.74) is 2.32. The van der Waals surface area contributed by atoms with Crippen molar-refractivity contribution >= 4 is 5.97 Å². The van der Waals surface area contributed by atoms with Crippen LogP contribution in [-0.2, 0) is 17.7 Å². The van der Waals surface area contributed by atoms with E-state index in [-0.39, 0.29) is 5.69 Å². The smallest absolute Gasteiger partial charge is 0.360 e. The zero-order valence-electron chi connectivity index (χ0n) is 12.5. The van der Waals surface area contributed by atoms with Crippen LogP contribution in [0, 0.1) is 0 Å². The normalized spacial score (nSPS) is 10.4. The van der Waals surface area contributed by atoms with Crippen molar-refractivity contribution in [1.82, 2.24) is 20.0 Å². The molecule has 0 spiro atoms. The lowest BCUT2D eigenvalue weighted by atomic mass is 10.2. The summed E-state index contributed by atoms with van der Waals surface area (Å²) in [6.45, 7) is 0.830. The van der Waals surface area contributed by atoms with Crippen molar-refractivity contribution in [2.75, 3.05) is 6.61 Å². The minimum atomic E-state index is -0.460. The molecule has 0 unspecified atom stereocenters. The van der Waals surface area contributed by atoms with Crippen molar-refractivity contribution in [2.45, 2.75) is 13.0 Å². The molecule has 2 heterocycles. The number of hydrogen-bond donors (Lipinski definition) is 0. The molecule has 6 nitrogen and oxygen atoms in total. The highest BCUT2D eigenvalue weighted by Crippen LogP contribution is 2.04. The molecule has 0 aliphatic carbocycles. The van der Waals surface area contributed by atoms with Gasteiger partial charge in [-0.05, 0) is 17.2 Å². The van der Waals surface area contributed by atoms with Crippen molar-refractivity contribution in [3.8, 4) is 0 Å². The highest BCUT2D eigenvalue weighted by Gasteiger charge is 2.12. The van der Waals surface area contributed by atoms with Crippen LogP contribution in [-0.4, -0.2) is 32.6 Å². The summed E-state index contributed by atoms with van der Waals surface area (Å²) in [6, 6.07) is 13.7. The van der Waals surface area contributed by atoms with Gasteiger partial charge in [0.05, 0.1) is 19.3 Å². The first-order chi connectivity index (χ1) is 11.3. The third kappa shape index (κ3) is 4.23. The number of carbonyl (C=O) groups excluding carboxylic acids is 1. The Labute approximate surface area is 133 Å². The van der Waals surface area contributed by atoms with Crippen LogP contribution in [0.4, 0.5) is 0 Å². The van der Waals surface area contributed by atoms with Crippen LogP contribution in [0.25, 0.3) is 0 Å². The molecule has 0 saturated carbocycles. The molecule has 23 heavy (non-hydrogen) atoms. The van der Waals surface area contributed by atoms with Crippen molar-refractivity contribution in [3.63, 3.8) is 0 Å². The summed E-state index contributed by atoms with van der Waals surface area (Å²) in [4.78, 5) is 16.0. The molecule has 0 atom stereocenters. The van der Waals surface area contributed by atoms with Gasteiger partial charge in [0.15, 0.2) is 5.69 Å². The van der Waals surface area contributed by atoms with Crippen LogP contribution in [0.1, 0.15) is 21.6 Å². The number of aromatic nitrogens is 4. The van der Waals surface area contributed by atoms with Crippen LogP contribution >= 0.6 is 0 Å². The second-order valence-electron chi connectivity index (χ2n) is 5.03. The Bertz CT molecular complexity index is 757. The minimum absolute atomic E-state index is 0.210. The number of benzene rings is 1. The Morgan fingerprint density at radius 1 is 1.09 bits per heavy atom. The highest BCUT2D eigenvalue weighted by atomic mass is 16.5. The Kier molecular flexibility index (Phi) is 4.73. The first-order valence-corrected chi connectivity index (χ1v) is 7.31. The molecule has 6 heteroatoms. The quantitative estimate of drug-likeness (QED) is 0.652. The SMILES string of the molecule is O=C(OCCc1ccccc1)c1cn(Cc2cccnc2)nn1. The fraction of sp³-hybridized carbons (Fsp3) is 0.176. The van der Waals surface area contributed by atoms with E-state index in [0.29, 0.717) is 19.6 Å². The van der Waals surface area contributed by atoms with Gasteiger partial charge in [-0.25, -0.2) is 9.48 Å². The Hall–Kier alpha value is -3.02. The van der Waals surface area contributed by atoms with E-state index in [1.807, 2.05) is 42.5 Å². The fourth-order valence-corrected chi connectivity index (χ4v) is 2.13. The summed E-state index contributed by atoms with van der Waals surface area (Å²) in [6.07, 6.45) is 5.72. The lowest BCUT2D eigenvalue weighted by Crippen LogP contribution is -2.08. The Morgan fingerprint density at radius 2 is 1.91 bits per heavy atom. The topological polar surface area (TPSA) is 69.9 Å².